The van der Waals surface area contributed by atoms with Crippen molar-refractivity contribution in [3.05, 3.63) is 59.2 Å². The molecular weight excluding hydrogens is 378 g/mol. The van der Waals surface area contributed by atoms with Crippen LogP contribution in [0.4, 0.5) is 8.78 Å². The highest BCUT2D eigenvalue weighted by atomic mass is 19.1. The molecule has 0 radical (unpaired) electrons. The minimum atomic E-state index is -0.296. The Balaban J connectivity index is 1.66. The van der Waals surface area contributed by atoms with Crippen LogP contribution in [-0.4, -0.2) is 61.4 Å². The first-order valence-corrected chi connectivity index (χ1v) is 9.76. The summed E-state index contributed by atoms with van der Waals surface area (Å²) < 4.78 is 38.8. The van der Waals surface area contributed by atoms with Crippen molar-refractivity contribution in [2.45, 2.75) is 25.6 Å². The summed E-state index contributed by atoms with van der Waals surface area (Å²) in [4.78, 5) is 4.36. The van der Waals surface area contributed by atoms with E-state index < -0.39 is 0 Å². The Hall–Kier alpha value is -2.22. The predicted molar refractivity (Wildman–Crippen MR) is 107 cm³/mol. The molecule has 0 bridgehead atoms. The van der Waals surface area contributed by atoms with Gasteiger partial charge in [0.25, 0.3) is 0 Å². The summed E-state index contributed by atoms with van der Waals surface area (Å²) in [5.74, 6) is 0.404. The number of hydrogen-bond acceptors (Lipinski definition) is 5. The van der Waals surface area contributed by atoms with E-state index in [0.29, 0.717) is 55.2 Å². The fourth-order valence-electron chi connectivity index (χ4n) is 3.76. The zero-order valence-corrected chi connectivity index (χ0v) is 16.9. The molecule has 0 spiro atoms. The lowest BCUT2D eigenvalue weighted by atomic mass is 10.1. The Kier molecular flexibility index (Phi) is 7.41. The molecule has 0 aromatic heterocycles. The van der Waals surface area contributed by atoms with Crippen LogP contribution in [0.3, 0.4) is 0 Å². The van der Waals surface area contributed by atoms with E-state index in [1.54, 1.807) is 24.3 Å². The number of piperazine rings is 1. The normalized spacial score (nSPS) is 18.0. The van der Waals surface area contributed by atoms with Crippen molar-refractivity contribution in [1.29, 1.82) is 0 Å². The van der Waals surface area contributed by atoms with Gasteiger partial charge in [-0.15, -0.1) is 0 Å². The smallest absolute Gasteiger partial charge is 0.131 e. The molecule has 1 saturated heterocycles. The van der Waals surface area contributed by atoms with Gasteiger partial charge < -0.3 is 14.6 Å². The van der Waals surface area contributed by atoms with E-state index in [9.17, 15) is 13.9 Å². The second kappa shape index (κ2) is 10.0. The van der Waals surface area contributed by atoms with Crippen LogP contribution in [-0.2, 0) is 13.1 Å². The summed E-state index contributed by atoms with van der Waals surface area (Å²) in [5, 5.41) is 9.49. The van der Waals surface area contributed by atoms with Crippen molar-refractivity contribution in [3.8, 4) is 11.5 Å². The van der Waals surface area contributed by atoms with Crippen LogP contribution in [0.25, 0.3) is 0 Å². The average molecular weight is 406 g/mol. The lowest BCUT2D eigenvalue weighted by molar-refractivity contribution is 0.0488. The van der Waals surface area contributed by atoms with Crippen LogP contribution in [0.15, 0.2) is 36.4 Å². The third kappa shape index (κ3) is 5.44. The molecule has 1 aliphatic heterocycles. The second-order valence-corrected chi connectivity index (χ2v) is 7.29. The topological polar surface area (TPSA) is 45.2 Å². The van der Waals surface area contributed by atoms with Gasteiger partial charge >= 0.3 is 0 Å². The summed E-state index contributed by atoms with van der Waals surface area (Å²) in [6, 6.07) is 9.84. The molecule has 1 aliphatic rings. The number of aliphatic hydroxyl groups excluding tert-OH is 1. The highest BCUT2D eigenvalue weighted by molar-refractivity contribution is 5.30. The maximum absolute atomic E-state index is 14.4. The number of rotatable bonds is 8. The standard InChI is InChI=1S/C22H28F2N2O3/c1-28-19-5-3-16(21(23)11-19)13-25-8-9-26(18(15-25)7-10-27)14-17-4-6-20(29-2)12-22(17)24/h3-6,11-12,18,27H,7-10,13-15H2,1-2H3. The summed E-state index contributed by atoms with van der Waals surface area (Å²) in [6.45, 7) is 3.15. The van der Waals surface area contributed by atoms with E-state index in [1.165, 1.54) is 26.4 Å². The number of methoxy groups -OCH3 is 2. The fourth-order valence-corrected chi connectivity index (χ4v) is 3.76. The monoisotopic (exact) mass is 406 g/mol. The molecule has 0 amide bonds. The largest absolute Gasteiger partial charge is 0.497 e. The van der Waals surface area contributed by atoms with E-state index in [-0.39, 0.29) is 24.3 Å². The third-order valence-corrected chi connectivity index (χ3v) is 5.44. The summed E-state index contributed by atoms with van der Waals surface area (Å²) in [7, 11) is 3.02. The van der Waals surface area contributed by atoms with Gasteiger partial charge in [-0.1, -0.05) is 12.1 Å². The van der Waals surface area contributed by atoms with Gasteiger partial charge in [-0.25, -0.2) is 8.78 Å². The minimum absolute atomic E-state index is 0.0526. The molecule has 2 aromatic rings. The molecule has 158 valence electrons. The van der Waals surface area contributed by atoms with Crippen LogP contribution in [0, 0.1) is 11.6 Å². The molecule has 29 heavy (non-hydrogen) atoms. The molecule has 2 aromatic carbocycles. The van der Waals surface area contributed by atoms with Crippen LogP contribution in [0.2, 0.25) is 0 Å². The lowest BCUT2D eigenvalue weighted by Gasteiger charge is -2.41. The van der Waals surface area contributed by atoms with E-state index in [4.69, 9.17) is 9.47 Å². The van der Waals surface area contributed by atoms with Crippen LogP contribution in [0.5, 0.6) is 11.5 Å². The zero-order chi connectivity index (χ0) is 20.8. The van der Waals surface area contributed by atoms with Crippen LogP contribution >= 0.6 is 0 Å². The van der Waals surface area contributed by atoms with Crippen LogP contribution in [0.1, 0.15) is 17.5 Å². The summed E-state index contributed by atoms with van der Waals surface area (Å²) >= 11 is 0. The molecule has 7 heteroatoms. The van der Waals surface area contributed by atoms with E-state index in [1.807, 2.05) is 0 Å². The van der Waals surface area contributed by atoms with E-state index in [2.05, 4.69) is 9.80 Å². The first-order chi connectivity index (χ1) is 14.0. The molecule has 1 unspecified atom stereocenters. The number of nitrogens with zero attached hydrogens (tertiary/aromatic N) is 2. The fraction of sp³-hybridized carbons (Fsp3) is 0.455. The number of aliphatic hydroxyl groups is 1. The Morgan fingerprint density at radius 1 is 0.931 bits per heavy atom. The quantitative estimate of drug-likeness (QED) is 0.730. The Morgan fingerprint density at radius 2 is 1.52 bits per heavy atom. The summed E-state index contributed by atoms with van der Waals surface area (Å²) in [5.41, 5.74) is 1.21. The molecule has 5 nitrogen and oxygen atoms in total. The number of benzene rings is 2. The zero-order valence-electron chi connectivity index (χ0n) is 16.9. The van der Waals surface area contributed by atoms with Crippen molar-refractivity contribution in [2.24, 2.45) is 0 Å². The summed E-state index contributed by atoms with van der Waals surface area (Å²) in [6.07, 6.45) is 0.583. The molecule has 3 rings (SSSR count). The SMILES string of the molecule is COc1ccc(CN2CCN(Cc3ccc(OC)cc3F)C(CCO)C2)c(F)c1. The Bertz CT molecular complexity index is 819. The molecule has 1 fully saturated rings. The van der Waals surface area contributed by atoms with Crippen molar-refractivity contribution in [1.82, 2.24) is 9.80 Å². The van der Waals surface area contributed by atoms with Gasteiger partial charge in [-0.3, -0.25) is 9.80 Å². The van der Waals surface area contributed by atoms with Gasteiger partial charge in [0.05, 0.1) is 14.2 Å². The predicted octanol–water partition coefficient (Wildman–Crippen LogP) is 3.05. The van der Waals surface area contributed by atoms with Crippen molar-refractivity contribution in [2.75, 3.05) is 40.5 Å². The molecule has 0 aliphatic carbocycles. The first kappa shape index (κ1) is 21.5. The minimum Gasteiger partial charge on any atom is -0.497 e. The van der Waals surface area contributed by atoms with Crippen LogP contribution < -0.4 is 9.47 Å². The number of halogens is 2. The van der Waals surface area contributed by atoms with Gasteiger partial charge in [-0.05, 0) is 18.6 Å². The van der Waals surface area contributed by atoms with E-state index >= 15 is 0 Å². The molecule has 1 atom stereocenters. The highest BCUT2D eigenvalue weighted by Crippen LogP contribution is 2.23. The van der Waals surface area contributed by atoms with Gasteiger partial charge in [0.2, 0.25) is 0 Å². The van der Waals surface area contributed by atoms with Crippen molar-refractivity contribution in [3.63, 3.8) is 0 Å². The van der Waals surface area contributed by atoms with Crippen molar-refractivity contribution < 1.29 is 23.4 Å². The molecular formula is C22H28F2N2O3. The van der Waals surface area contributed by atoms with Crippen molar-refractivity contribution >= 4 is 0 Å². The molecule has 1 N–H and O–H groups in total. The molecule has 0 saturated carbocycles. The van der Waals surface area contributed by atoms with Gasteiger partial charge in [0.15, 0.2) is 0 Å². The van der Waals surface area contributed by atoms with Gasteiger partial charge in [0.1, 0.15) is 23.1 Å². The lowest BCUT2D eigenvalue weighted by Crippen LogP contribution is -2.52. The first-order valence-electron chi connectivity index (χ1n) is 9.76. The second-order valence-electron chi connectivity index (χ2n) is 7.29. The molecule has 1 heterocycles. The maximum atomic E-state index is 14.4. The Labute approximate surface area is 170 Å². The average Bonchev–Trinajstić information content (AvgIpc) is 2.72. The number of hydrogen-bond donors (Lipinski definition) is 1. The van der Waals surface area contributed by atoms with Gasteiger partial charge in [0, 0.05) is 68.6 Å². The van der Waals surface area contributed by atoms with Gasteiger partial charge in [-0.2, -0.15) is 0 Å². The highest BCUT2D eigenvalue weighted by Gasteiger charge is 2.27. The Morgan fingerprint density at radius 3 is 2.03 bits per heavy atom. The van der Waals surface area contributed by atoms with E-state index in [0.717, 1.165) is 6.54 Å². The number of ether oxygens (including phenoxy) is 2. The maximum Gasteiger partial charge on any atom is 0.131 e. The third-order valence-electron chi connectivity index (χ3n) is 5.44.